The average Bonchev–Trinajstić information content (AvgIpc) is 2.18. The molecule has 1 N–H and O–H groups in total. The Kier molecular flexibility index (Phi) is 2.64. The van der Waals surface area contributed by atoms with Gasteiger partial charge in [0.05, 0.1) is 12.2 Å². The van der Waals surface area contributed by atoms with Crippen LogP contribution in [0, 0.1) is 0 Å². The summed E-state index contributed by atoms with van der Waals surface area (Å²) in [6.45, 7) is 0.400. The smallest absolute Gasteiger partial charge is 0.369 e. The maximum atomic E-state index is 11.5. The molecule has 15 heavy (non-hydrogen) atoms. The third-order valence-corrected chi connectivity index (χ3v) is 2.71. The SMILES string of the molecule is O=C(O)Sc1ccc2c(c1)C(=O)CCO2. The van der Waals surface area contributed by atoms with Crippen molar-refractivity contribution in [1.29, 1.82) is 0 Å². The van der Waals surface area contributed by atoms with Crippen molar-refractivity contribution >= 4 is 22.8 Å². The first-order valence-corrected chi connectivity index (χ1v) is 5.19. The molecule has 0 saturated heterocycles. The highest BCUT2D eigenvalue weighted by molar-refractivity contribution is 8.13. The minimum Gasteiger partial charge on any atom is -0.492 e. The highest BCUT2D eigenvalue weighted by atomic mass is 32.2. The third-order valence-electron chi connectivity index (χ3n) is 2.04. The van der Waals surface area contributed by atoms with E-state index in [0.29, 0.717) is 41.0 Å². The lowest BCUT2D eigenvalue weighted by atomic mass is 10.1. The number of rotatable bonds is 1. The van der Waals surface area contributed by atoms with E-state index in [1.807, 2.05) is 0 Å². The van der Waals surface area contributed by atoms with Gasteiger partial charge in [0.2, 0.25) is 0 Å². The third kappa shape index (κ3) is 2.12. The summed E-state index contributed by atoms with van der Waals surface area (Å²) in [6, 6.07) is 4.84. The van der Waals surface area contributed by atoms with Gasteiger partial charge in [-0.15, -0.1) is 0 Å². The maximum absolute atomic E-state index is 11.5. The number of carbonyl (C=O) groups is 2. The molecule has 1 aromatic rings. The van der Waals surface area contributed by atoms with Gasteiger partial charge in [-0.05, 0) is 30.0 Å². The Labute approximate surface area is 90.2 Å². The molecule has 1 heterocycles. The van der Waals surface area contributed by atoms with Crippen LogP contribution in [0.3, 0.4) is 0 Å². The molecule has 0 spiro atoms. The summed E-state index contributed by atoms with van der Waals surface area (Å²) in [7, 11) is 0. The van der Waals surface area contributed by atoms with Gasteiger partial charge in [-0.3, -0.25) is 4.79 Å². The summed E-state index contributed by atoms with van der Waals surface area (Å²) >= 11 is 0.682. The molecule has 0 aliphatic carbocycles. The van der Waals surface area contributed by atoms with Crippen molar-refractivity contribution in [3.63, 3.8) is 0 Å². The molecule has 0 atom stereocenters. The van der Waals surface area contributed by atoms with Gasteiger partial charge in [0.25, 0.3) is 0 Å². The van der Waals surface area contributed by atoms with Gasteiger partial charge in [0.15, 0.2) is 5.78 Å². The van der Waals surface area contributed by atoms with Gasteiger partial charge in [-0.2, -0.15) is 0 Å². The Balaban J connectivity index is 2.35. The van der Waals surface area contributed by atoms with Crippen LogP contribution in [0.25, 0.3) is 0 Å². The molecule has 0 bridgehead atoms. The van der Waals surface area contributed by atoms with E-state index in [1.165, 1.54) is 0 Å². The minimum absolute atomic E-state index is 0.00379. The summed E-state index contributed by atoms with van der Waals surface area (Å²) in [5.74, 6) is 0.546. The van der Waals surface area contributed by atoms with Gasteiger partial charge in [0, 0.05) is 11.3 Å². The molecule has 78 valence electrons. The number of benzene rings is 1. The highest BCUT2D eigenvalue weighted by Crippen LogP contribution is 2.29. The number of thioether (sulfide) groups is 1. The quantitative estimate of drug-likeness (QED) is 0.742. The van der Waals surface area contributed by atoms with E-state index >= 15 is 0 Å². The molecule has 0 unspecified atom stereocenters. The standard InChI is InChI=1S/C10H8O4S/c11-8-3-4-14-9-2-1-6(5-7(8)9)15-10(12)13/h1-2,5H,3-4H2,(H,12,13). The summed E-state index contributed by atoms with van der Waals surface area (Å²) < 4.78 is 5.28. The number of hydrogen-bond acceptors (Lipinski definition) is 4. The zero-order chi connectivity index (χ0) is 10.8. The van der Waals surface area contributed by atoms with Crippen LogP contribution in [0.1, 0.15) is 16.8 Å². The second-order valence-electron chi connectivity index (χ2n) is 3.05. The largest absolute Gasteiger partial charge is 0.492 e. The van der Waals surface area contributed by atoms with Crippen LogP contribution in [0.4, 0.5) is 4.79 Å². The molecular formula is C10H8O4S. The van der Waals surface area contributed by atoms with E-state index in [4.69, 9.17) is 9.84 Å². The predicted molar refractivity (Wildman–Crippen MR) is 54.8 cm³/mol. The molecule has 1 aliphatic rings. The molecule has 1 aromatic carbocycles. The van der Waals surface area contributed by atoms with Crippen molar-refractivity contribution in [1.82, 2.24) is 0 Å². The van der Waals surface area contributed by atoms with Gasteiger partial charge in [-0.1, -0.05) is 0 Å². The van der Waals surface area contributed by atoms with E-state index in [0.717, 1.165) is 0 Å². The Bertz CT molecular complexity index is 427. The minimum atomic E-state index is -0.987. The lowest BCUT2D eigenvalue weighted by molar-refractivity contribution is 0.0933. The fourth-order valence-electron chi connectivity index (χ4n) is 1.41. The normalized spacial score (nSPS) is 14.3. The Morgan fingerprint density at radius 2 is 2.27 bits per heavy atom. The maximum Gasteiger partial charge on any atom is 0.369 e. The zero-order valence-corrected chi connectivity index (χ0v) is 8.54. The summed E-state index contributed by atoms with van der Waals surface area (Å²) in [6.07, 6.45) is 0.355. The first-order valence-electron chi connectivity index (χ1n) is 4.37. The van der Waals surface area contributed by atoms with Crippen LogP contribution in [-0.2, 0) is 0 Å². The van der Waals surface area contributed by atoms with Gasteiger partial charge >= 0.3 is 5.30 Å². The number of ketones is 1. The Morgan fingerprint density at radius 3 is 3.00 bits per heavy atom. The van der Waals surface area contributed by atoms with Crippen LogP contribution in [0.5, 0.6) is 5.75 Å². The zero-order valence-electron chi connectivity index (χ0n) is 7.73. The van der Waals surface area contributed by atoms with Crippen molar-refractivity contribution in [3.8, 4) is 5.75 Å². The first kappa shape index (κ1) is 10.0. The van der Waals surface area contributed by atoms with E-state index in [9.17, 15) is 9.59 Å². The van der Waals surface area contributed by atoms with E-state index in [-0.39, 0.29) is 5.78 Å². The van der Waals surface area contributed by atoms with E-state index in [1.54, 1.807) is 18.2 Å². The van der Waals surface area contributed by atoms with Gasteiger partial charge < -0.3 is 9.84 Å². The van der Waals surface area contributed by atoms with Crippen LogP contribution < -0.4 is 4.74 Å². The number of carboxylic acid groups (broad SMARTS) is 1. The van der Waals surface area contributed by atoms with E-state index < -0.39 is 5.30 Å². The number of fused-ring (bicyclic) bond motifs is 1. The fourth-order valence-corrected chi connectivity index (χ4v) is 1.92. The second kappa shape index (κ2) is 3.94. The van der Waals surface area contributed by atoms with E-state index in [2.05, 4.69) is 0 Å². The molecule has 0 radical (unpaired) electrons. The van der Waals surface area contributed by atoms with Gasteiger partial charge in [-0.25, -0.2) is 4.79 Å². The van der Waals surface area contributed by atoms with Crippen molar-refractivity contribution in [2.24, 2.45) is 0 Å². The molecule has 4 nitrogen and oxygen atoms in total. The molecule has 2 rings (SSSR count). The lowest BCUT2D eigenvalue weighted by Crippen LogP contribution is -2.15. The first-order chi connectivity index (χ1) is 7.16. The molecule has 0 saturated carbocycles. The molecule has 5 heteroatoms. The molecule has 0 fully saturated rings. The van der Waals surface area contributed by atoms with Crippen molar-refractivity contribution in [2.45, 2.75) is 11.3 Å². The van der Waals surface area contributed by atoms with Crippen LogP contribution in [0.2, 0.25) is 0 Å². The van der Waals surface area contributed by atoms with Crippen molar-refractivity contribution in [3.05, 3.63) is 23.8 Å². The van der Waals surface area contributed by atoms with Crippen molar-refractivity contribution in [2.75, 3.05) is 6.61 Å². The molecule has 0 aromatic heterocycles. The second-order valence-corrected chi connectivity index (χ2v) is 4.07. The highest BCUT2D eigenvalue weighted by Gasteiger charge is 2.19. The van der Waals surface area contributed by atoms with Crippen LogP contribution >= 0.6 is 11.8 Å². The lowest BCUT2D eigenvalue weighted by Gasteiger charge is -2.16. The van der Waals surface area contributed by atoms with Crippen LogP contribution in [-0.4, -0.2) is 22.8 Å². The van der Waals surface area contributed by atoms with Crippen molar-refractivity contribution < 1.29 is 19.4 Å². The monoisotopic (exact) mass is 224 g/mol. The van der Waals surface area contributed by atoms with Crippen LogP contribution in [0.15, 0.2) is 23.1 Å². The number of carbonyl (C=O) groups excluding carboxylic acids is 1. The summed E-state index contributed by atoms with van der Waals surface area (Å²) in [5.41, 5.74) is 0.479. The fraction of sp³-hybridized carbons (Fsp3) is 0.200. The number of hydrogen-bond donors (Lipinski definition) is 1. The predicted octanol–water partition coefficient (Wildman–Crippen LogP) is 2.42. The topological polar surface area (TPSA) is 63.6 Å². The summed E-state index contributed by atoms with van der Waals surface area (Å²) in [4.78, 5) is 22.5. The number of ether oxygens (including phenoxy) is 1. The average molecular weight is 224 g/mol. The Morgan fingerprint density at radius 1 is 1.47 bits per heavy atom. The summed E-state index contributed by atoms with van der Waals surface area (Å²) in [5, 5.41) is 7.60. The Hall–Kier alpha value is -1.49. The molecule has 0 amide bonds. The molecular weight excluding hydrogens is 216 g/mol. The number of Topliss-reactive ketones (excluding diaryl/α,β-unsaturated/α-hetero) is 1. The molecule has 1 aliphatic heterocycles. The van der Waals surface area contributed by atoms with Gasteiger partial charge in [0.1, 0.15) is 5.75 Å².